The molecule has 0 heterocycles. The Labute approximate surface area is 86.7 Å². The molecule has 1 aromatic carbocycles. The number of benzene rings is 1. The highest BCUT2D eigenvalue weighted by Crippen LogP contribution is 2.20. The summed E-state index contributed by atoms with van der Waals surface area (Å²) in [6, 6.07) is 6.24. The lowest BCUT2D eigenvalue weighted by Gasteiger charge is -2.23. The summed E-state index contributed by atoms with van der Waals surface area (Å²) < 4.78 is 0. The third-order valence-corrected chi connectivity index (χ3v) is 2.32. The first-order chi connectivity index (χ1) is 6.67. The second kappa shape index (κ2) is 4.89. The monoisotopic (exact) mass is 192 g/mol. The first kappa shape index (κ1) is 10.9. The Morgan fingerprint density at radius 2 is 1.93 bits per heavy atom. The van der Waals surface area contributed by atoms with Crippen LogP contribution in [-0.4, -0.2) is 13.1 Å². The van der Waals surface area contributed by atoms with Gasteiger partial charge in [-0.05, 0) is 44.0 Å². The molecule has 0 unspecified atom stereocenters. The molecular weight excluding hydrogens is 172 g/mol. The molecule has 0 spiro atoms. The molecule has 78 valence electrons. The van der Waals surface area contributed by atoms with E-state index in [0.29, 0.717) is 0 Å². The Hall–Kier alpha value is -1.18. The molecule has 2 heteroatoms. The highest BCUT2D eigenvalue weighted by molar-refractivity contribution is 5.58. The summed E-state index contributed by atoms with van der Waals surface area (Å²) >= 11 is 0. The normalized spacial score (nSPS) is 10.2. The predicted molar refractivity (Wildman–Crippen MR) is 63.8 cm³/mol. The van der Waals surface area contributed by atoms with E-state index in [1.165, 1.54) is 17.7 Å². The Morgan fingerprint density at radius 3 is 2.43 bits per heavy atom. The summed E-state index contributed by atoms with van der Waals surface area (Å²) in [7, 11) is 0. The zero-order valence-electron chi connectivity index (χ0n) is 9.38. The van der Waals surface area contributed by atoms with E-state index in [0.717, 1.165) is 18.8 Å². The lowest BCUT2D eigenvalue weighted by atomic mass is 10.2. The van der Waals surface area contributed by atoms with Gasteiger partial charge in [-0.25, -0.2) is 0 Å². The van der Waals surface area contributed by atoms with E-state index in [4.69, 9.17) is 5.73 Å². The van der Waals surface area contributed by atoms with Gasteiger partial charge in [-0.1, -0.05) is 6.92 Å². The second-order valence-electron chi connectivity index (χ2n) is 3.68. The van der Waals surface area contributed by atoms with Crippen LogP contribution in [0.25, 0.3) is 0 Å². The van der Waals surface area contributed by atoms with Crippen LogP contribution in [0.2, 0.25) is 0 Å². The fraction of sp³-hybridized carbons (Fsp3) is 0.500. The topological polar surface area (TPSA) is 29.3 Å². The van der Waals surface area contributed by atoms with Gasteiger partial charge < -0.3 is 10.6 Å². The summed E-state index contributed by atoms with van der Waals surface area (Å²) in [6.45, 7) is 8.59. The van der Waals surface area contributed by atoms with Crippen LogP contribution in [0.3, 0.4) is 0 Å². The van der Waals surface area contributed by atoms with Gasteiger partial charge in [0.2, 0.25) is 0 Å². The van der Waals surface area contributed by atoms with E-state index in [2.05, 4.69) is 31.7 Å². The molecule has 2 N–H and O–H groups in total. The summed E-state index contributed by atoms with van der Waals surface area (Å²) in [6.07, 6.45) is 1.17. The highest BCUT2D eigenvalue weighted by atomic mass is 15.1. The van der Waals surface area contributed by atoms with Crippen LogP contribution in [0, 0.1) is 6.92 Å². The summed E-state index contributed by atoms with van der Waals surface area (Å²) in [5.74, 6) is 0. The molecule has 0 aromatic heterocycles. The van der Waals surface area contributed by atoms with Gasteiger partial charge in [0.1, 0.15) is 0 Å². The summed E-state index contributed by atoms with van der Waals surface area (Å²) in [5, 5.41) is 0. The van der Waals surface area contributed by atoms with Crippen LogP contribution in [0.4, 0.5) is 11.4 Å². The molecule has 0 aliphatic heterocycles. The highest BCUT2D eigenvalue weighted by Gasteiger charge is 2.03. The Bertz CT molecular complexity index is 274. The van der Waals surface area contributed by atoms with Gasteiger partial charge in [-0.2, -0.15) is 0 Å². The molecular formula is C12H20N2. The van der Waals surface area contributed by atoms with Gasteiger partial charge >= 0.3 is 0 Å². The maximum absolute atomic E-state index is 5.82. The van der Waals surface area contributed by atoms with Crippen molar-refractivity contribution < 1.29 is 0 Å². The molecule has 0 atom stereocenters. The Morgan fingerprint density at radius 1 is 1.21 bits per heavy atom. The Kier molecular flexibility index (Phi) is 3.81. The number of rotatable bonds is 4. The first-order valence-electron chi connectivity index (χ1n) is 5.29. The molecule has 1 aromatic rings. The smallest absolute Gasteiger partial charge is 0.0389 e. The van der Waals surface area contributed by atoms with Crippen molar-refractivity contribution in [1.29, 1.82) is 0 Å². The van der Waals surface area contributed by atoms with Crippen LogP contribution in [0.1, 0.15) is 25.8 Å². The average Bonchev–Trinajstić information content (AvgIpc) is 2.12. The number of hydrogen-bond acceptors (Lipinski definition) is 2. The average molecular weight is 192 g/mol. The van der Waals surface area contributed by atoms with E-state index < -0.39 is 0 Å². The minimum atomic E-state index is 0.856. The van der Waals surface area contributed by atoms with E-state index in [1.54, 1.807) is 0 Å². The molecule has 0 aliphatic rings. The zero-order chi connectivity index (χ0) is 10.6. The number of nitrogens with zero attached hydrogens (tertiary/aromatic N) is 1. The van der Waals surface area contributed by atoms with Crippen molar-refractivity contribution in [2.75, 3.05) is 23.7 Å². The van der Waals surface area contributed by atoms with Gasteiger partial charge in [0.15, 0.2) is 0 Å². The predicted octanol–water partition coefficient (Wildman–Crippen LogP) is 2.81. The van der Waals surface area contributed by atoms with Crippen LogP contribution in [0.5, 0.6) is 0 Å². The van der Waals surface area contributed by atoms with E-state index in [-0.39, 0.29) is 0 Å². The molecule has 0 bridgehead atoms. The van der Waals surface area contributed by atoms with Crippen LogP contribution < -0.4 is 10.6 Å². The lowest BCUT2D eigenvalue weighted by Crippen LogP contribution is -2.23. The molecule has 1 rings (SSSR count). The number of nitrogens with two attached hydrogens (primary N) is 1. The molecule has 14 heavy (non-hydrogen) atoms. The summed E-state index contributed by atoms with van der Waals surface area (Å²) in [4.78, 5) is 2.35. The van der Waals surface area contributed by atoms with Crippen molar-refractivity contribution in [3.8, 4) is 0 Å². The number of anilines is 2. The van der Waals surface area contributed by atoms with Crippen molar-refractivity contribution in [2.24, 2.45) is 0 Å². The lowest BCUT2D eigenvalue weighted by molar-refractivity contribution is 0.791. The Balaban J connectivity index is 2.91. The SMILES string of the molecule is CCCN(CC)c1cc(C)cc(N)c1. The maximum atomic E-state index is 5.82. The zero-order valence-corrected chi connectivity index (χ0v) is 9.38. The molecule has 0 saturated heterocycles. The molecule has 0 fully saturated rings. The fourth-order valence-electron chi connectivity index (χ4n) is 1.71. The summed E-state index contributed by atoms with van der Waals surface area (Å²) in [5.41, 5.74) is 9.15. The number of hydrogen-bond donors (Lipinski definition) is 1. The van der Waals surface area contributed by atoms with E-state index >= 15 is 0 Å². The quantitative estimate of drug-likeness (QED) is 0.743. The van der Waals surface area contributed by atoms with Gasteiger partial charge in [-0.15, -0.1) is 0 Å². The molecule has 0 amide bonds. The minimum absolute atomic E-state index is 0.856. The van der Waals surface area contributed by atoms with E-state index in [9.17, 15) is 0 Å². The van der Waals surface area contributed by atoms with Crippen molar-refractivity contribution in [2.45, 2.75) is 27.2 Å². The van der Waals surface area contributed by atoms with Gasteiger partial charge in [0.05, 0.1) is 0 Å². The van der Waals surface area contributed by atoms with Crippen molar-refractivity contribution in [3.05, 3.63) is 23.8 Å². The third kappa shape index (κ3) is 2.66. The van der Waals surface area contributed by atoms with Crippen LogP contribution in [0.15, 0.2) is 18.2 Å². The van der Waals surface area contributed by atoms with Crippen molar-refractivity contribution in [1.82, 2.24) is 0 Å². The number of aryl methyl sites for hydroxylation is 1. The van der Waals surface area contributed by atoms with Crippen molar-refractivity contribution >= 4 is 11.4 Å². The van der Waals surface area contributed by atoms with E-state index in [1.807, 2.05) is 12.1 Å². The maximum Gasteiger partial charge on any atom is 0.0389 e. The molecule has 0 aliphatic carbocycles. The molecule has 0 radical (unpaired) electrons. The molecule has 0 saturated carbocycles. The van der Waals surface area contributed by atoms with Crippen LogP contribution in [-0.2, 0) is 0 Å². The van der Waals surface area contributed by atoms with Crippen LogP contribution >= 0.6 is 0 Å². The van der Waals surface area contributed by atoms with Crippen molar-refractivity contribution in [3.63, 3.8) is 0 Å². The number of nitrogen functional groups attached to an aromatic ring is 1. The minimum Gasteiger partial charge on any atom is -0.399 e. The molecule has 2 nitrogen and oxygen atoms in total. The van der Waals surface area contributed by atoms with Gasteiger partial charge in [0, 0.05) is 24.5 Å². The van der Waals surface area contributed by atoms with Gasteiger partial charge in [0.25, 0.3) is 0 Å². The fourth-order valence-corrected chi connectivity index (χ4v) is 1.71. The standard InChI is InChI=1S/C12H20N2/c1-4-6-14(5-2)12-8-10(3)7-11(13)9-12/h7-9H,4-6,13H2,1-3H3. The third-order valence-electron chi connectivity index (χ3n) is 2.32. The van der Waals surface area contributed by atoms with Gasteiger partial charge in [-0.3, -0.25) is 0 Å². The second-order valence-corrected chi connectivity index (χ2v) is 3.68. The largest absolute Gasteiger partial charge is 0.399 e. The first-order valence-corrected chi connectivity index (χ1v) is 5.29.